The van der Waals surface area contributed by atoms with E-state index in [4.69, 9.17) is 61.6 Å². The molecule has 0 amide bonds. The Morgan fingerprint density at radius 3 is 1.12 bits per heavy atom. The van der Waals surface area contributed by atoms with Crippen LogP contribution in [-0.2, 0) is 74.8 Å². The number of rotatable bonds is 24. The van der Waals surface area contributed by atoms with Crippen LogP contribution in [0.15, 0.2) is 236 Å². The van der Waals surface area contributed by atoms with Gasteiger partial charge in [-0.2, -0.15) is 0 Å². The van der Waals surface area contributed by atoms with Crippen LogP contribution in [0.3, 0.4) is 0 Å². The van der Waals surface area contributed by atoms with Gasteiger partial charge in [-0.1, -0.05) is 152 Å². The molecule has 7 aromatic carbocycles. The predicted octanol–water partition coefficient (Wildman–Crippen LogP) is 5.29. The average Bonchev–Trinajstić information content (AvgIpc) is 0.777. The van der Waals surface area contributed by atoms with Gasteiger partial charge < -0.3 is 97.3 Å². The van der Waals surface area contributed by atoms with Crippen LogP contribution in [0.25, 0.3) is 0 Å². The number of hydrogen-bond donors (Lipinski definition) is 7. The minimum absolute atomic E-state index is 0.0234. The Morgan fingerprint density at radius 1 is 0.337 bits per heavy atom. The molecule has 0 bridgehead atoms. The molecule has 8 unspecified atom stereocenters. The van der Waals surface area contributed by atoms with Crippen LogP contribution in [0.1, 0.15) is 62.9 Å². The summed E-state index contributed by atoms with van der Waals surface area (Å²) in [6.07, 6.45) is -20.9. The van der Waals surface area contributed by atoms with Gasteiger partial charge in [-0.25, -0.2) is 24.0 Å². The van der Waals surface area contributed by atoms with Crippen molar-refractivity contribution in [1.82, 2.24) is 0 Å². The fourth-order valence-electron chi connectivity index (χ4n) is 10.4. The molecule has 4 aliphatic rings. The third-order valence-corrected chi connectivity index (χ3v) is 15.6. The highest BCUT2D eigenvalue weighted by Crippen LogP contribution is 2.36. The quantitative estimate of drug-likeness (QED) is 0.0298. The molecule has 11 rings (SSSR count). The van der Waals surface area contributed by atoms with Crippen LogP contribution >= 0.6 is 0 Å². The van der Waals surface area contributed by atoms with Gasteiger partial charge in [-0.05, 0) is 83.9 Å². The Bertz CT molecular complexity index is 3720. The summed E-state index contributed by atoms with van der Waals surface area (Å²) in [5.41, 5.74) is 2.34. The van der Waals surface area contributed by atoms with Crippen molar-refractivity contribution in [3.63, 3.8) is 0 Å². The number of carbonyl (C=O) groups excluding carboxylic acids is 5. The number of benzene rings is 7. The highest BCUT2D eigenvalue weighted by atomic mass is 16.8. The van der Waals surface area contributed by atoms with E-state index in [-0.39, 0.29) is 59.2 Å². The molecule has 0 radical (unpaired) electrons. The van der Waals surface area contributed by atoms with Crippen molar-refractivity contribution in [2.45, 2.75) is 112 Å². The molecule has 0 spiro atoms. The molecule has 0 aliphatic carbocycles. The van der Waals surface area contributed by atoms with Crippen LogP contribution < -0.4 is 0 Å². The van der Waals surface area contributed by atoms with Crippen LogP contribution in [-0.4, -0.2) is 190 Å². The second-order valence-electron chi connectivity index (χ2n) is 22.5. The predicted molar refractivity (Wildman–Crippen MR) is 340 cm³/mol. The van der Waals surface area contributed by atoms with Gasteiger partial charge in [-0.3, -0.25) is 0 Å². The molecule has 2 saturated heterocycles. The van der Waals surface area contributed by atoms with Gasteiger partial charge >= 0.3 is 29.8 Å². The molecule has 7 aromatic rings. The number of carbonyl (C=O) groups is 5. The largest absolute Gasteiger partial charge is 0.464 e. The highest BCUT2D eigenvalue weighted by molar-refractivity contribution is 5.92. The van der Waals surface area contributed by atoms with Crippen molar-refractivity contribution in [3.05, 3.63) is 275 Å². The lowest BCUT2D eigenvalue weighted by atomic mass is 9.97. The first kappa shape index (κ1) is 71.2. The van der Waals surface area contributed by atoms with E-state index in [1.54, 1.807) is 103 Å². The maximum absolute atomic E-state index is 14.1. The summed E-state index contributed by atoms with van der Waals surface area (Å²) in [5, 5.41) is 71.1. The van der Waals surface area contributed by atoms with E-state index < -0.39 is 148 Å². The summed E-state index contributed by atoms with van der Waals surface area (Å²) < 4.78 is 77.0. The number of esters is 5. The van der Waals surface area contributed by atoms with E-state index in [2.05, 4.69) is 0 Å². The molecule has 25 nitrogen and oxygen atoms in total. The van der Waals surface area contributed by atoms with Crippen molar-refractivity contribution in [2.75, 3.05) is 26.4 Å². The van der Waals surface area contributed by atoms with Crippen molar-refractivity contribution < 1.29 is 121 Å². The molecule has 7 N–H and O–H groups in total. The minimum atomic E-state index is -1.82. The van der Waals surface area contributed by atoms with Gasteiger partial charge in [0.2, 0.25) is 18.7 Å². The summed E-state index contributed by atoms with van der Waals surface area (Å²) in [6.45, 7) is -1.91. The molecule has 4 heterocycles. The molecule has 25 heteroatoms. The summed E-state index contributed by atoms with van der Waals surface area (Å²) in [5.74, 6) is -4.49. The molecule has 4 aliphatic heterocycles. The van der Waals surface area contributed by atoms with Gasteiger partial charge in [0.1, 0.15) is 67.5 Å². The molecule has 514 valence electrons. The van der Waals surface area contributed by atoms with Crippen molar-refractivity contribution in [3.8, 4) is 0 Å². The van der Waals surface area contributed by atoms with E-state index >= 15 is 0 Å². The third kappa shape index (κ3) is 19.0. The maximum Gasteiger partial charge on any atom is 0.338 e. The van der Waals surface area contributed by atoms with E-state index in [0.717, 1.165) is 11.1 Å². The first-order valence-electron chi connectivity index (χ1n) is 31.2. The van der Waals surface area contributed by atoms with Crippen LogP contribution in [0.2, 0.25) is 0 Å². The molecule has 16 atom stereocenters. The second-order valence-corrected chi connectivity index (χ2v) is 22.5. The Labute approximate surface area is 562 Å². The average molecular weight is 1350 g/mol. The van der Waals surface area contributed by atoms with Gasteiger partial charge in [0.05, 0.1) is 54.2 Å². The van der Waals surface area contributed by atoms with Gasteiger partial charge in [0.25, 0.3) is 0 Å². The van der Waals surface area contributed by atoms with E-state index in [1.807, 2.05) is 60.7 Å². The first-order chi connectivity index (χ1) is 47.6. The lowest BCUT2D eigenvalue weighted by molar-refractivity contribution is -0.301. The topological polar surface area (TPSA) is 347 Å². The Hall–Kier alpha value is -9.55. The van der Waals surface area contributed by atoms with Crippen molar-refractivity contribution >= 4 is 29.8 Å². The fourth-order valence-corrected chi connectivity index (χ4v) is 10.4. The minimum Gasteiger partial charge on any atom is -0.464 e. The summed E-state index contributed by atoms with van der Waals surface area (Å²) in [4.78, 5) is 68.7. The highest BCUT2D eigenvalue weighted by Gasteiger charge is 2.55. The number of aliphatic hydroxyl groups is 7. The third-order valence-electron chi connectivity index (χ3n) is 15.6. The molecule has 2 fully saturated rings. The van der Waals surface area contributed by atoms with Crippen LogP contribution in [0, 0.1) is 0 Å². The SMILES string of the molecule is O=C(OCC1C=C(O[C@@H]2OC(COC(=O)c3ccccc3)[C@@H](OC(=O)c3ccccc3)[C@H](OC(=O)c3ccccc3)C2OC(=O)c2ccccc2)C(O)[C@H](OCc2ccccc2)O1)c1ccccc1.OCC1C=C(O[C@@H]2OC(CO)[C@@H](O)[C@H](O)C2O)C(O)[C@H](OCc2ccccc2)O1. The Morgan fingerprint density at radius 2 is 0.694 bits per heavy atom. The van der Waals surface area contributed by atoms with E-state index in [9.17, 15) is 59.7 Å². The van der Waals surface area contributed by atoms with Gasteiger partial charge in [-0.15, -0.1) is 0 Å². The number of hydrogen-bond acceptors (Lipinski definition) is 25. The van der Waals surface area contributed by atoms with Crippen LogP contribution in [0.4, 0.5) is 0 Å². The van der Waals surface area contributed by atoms with Crippen molar-refractivity contribution in [1.29, 1.82) is 0 Å². The molecule has 98 heavy (non-hydrogen) atoms. The molecule has 0 aromatic heterocycles. The van der Waals surface area contributed by atoms with E-state index in [1.165, 1.54) is 60.7 Å². The van der Waals surface area contributed by atoms with Crippen LogP contribution in [0.5, 0.6) is 0 Å². The second kappa shape index (κ2) is 35.1. The smallest absolute Gasteiger partial charge is 0.338 e. The number of aliphatic hydroxyl groups excluding tert-OH is 7. The zero-order valence-electron chi connectivity index (χ0n) is 52.3. The monoisotopic (exact) mass is 1350 g/mol. The maximum atomic E-state index is 14.1. The summed E-state index contributed by atoms with van der Waals surface area (Å²) in [6, 6.07) is 58.4. The summed E-state index contributed by atoms with van der Waals surface area (Å²) in [7, 11) is 0. The summed E-state index contributed by atoms with van der Waals surface area (Å²) >= 11 is 0. The number of ether oxygens (including phenoxy) is 13. The van der Waals surface area contributed by atoms with Crippen molar-refractivity contribution in [2.24, 2.45) is 0 Å². The van der Waals surface area contributed by atoms with E-state index in [0.29, 0.717) is 0 Å². The molecule has 0 saturated carbocycles. The molecular weight excluding hydrogens is 1280 g/mol. The Kier molecular flexibility index (Phi) is 25.5. The first-order valence-corrected chi connectivity index (χ1v) is 31.2. The molecular formula is C73H72O25. The normalized spacial score (nSPS) is 26.6. The lowest BCUT2D eigenvalue weighted by Crippen LogP contribution is -2.63. The Balaban J connectivity index is 0.000000299. The zero-order chi connectivity index (χ0) is 68.9. The lowest BCUT2D eigenvalue weighted by Gasteiger charge is -2.45. The zero-order valence-corrected chi connectivity index (χ0v) is 52.3. The van der Waals surface area contributed by atoms with Gasteiger partial charge in [0, 0.05) is 0 Å². The fraction of sp³-hybridized carbons (Fsp3) is 0.301. The standard InChI is InChI=1S/C54H46O15.C19H26O10/c55-44-42(31-41(33-61-48(56)36-21-9-2-10-22-36)64-53(44)63-32-35-19-7-1-8-20-35)65-54-47(69-52(60)40-29-17-6-18-30-40)46(68-51(59)39-27-15-5-16-28-39)45(67-50(58)38-25-13-4-14-26-38)43(66-54)34-62-49(57)37-23-11-3-12-24-37;20-7-11-6-12(28-19-17(25)16(24)14(22)13(8-21)29-19)15(23)18(27-11)26-9-10-4-2-1-3-5-10/h1-31,41,43-47,53-55H,32-34H2;1-6,11,13-25H,7-9H2/t41?,43?,44?,45-,46+,47?,53-,54-;11?,13?,14-,15?,16+,17?,18-,19-/m11/s1. The van der Waals surface area contributed by atoms with Gasteiger partial charge in [0.15, 0.2) is 37.0 Å².